The van der Waals surface area contributed by atoms with Crippen LogP contribution in [0.25, 0.3) is 6.08 Å². The van der Waals surface area contributed by atoms with E-state index in [1.54, 1.807) is 27.0 Å². The maximum absolute atomic E-state index is 13.4. The molecule has 0 aromatic carbocycles. The van der Waals surface area contributed by atoms with Gasteiger partial charge in [0.1, 0.15) is 5.78 Å². The molecule has 36 heavy (non-hydrogen) atoms. The Morgan fingerprint density at radius 3 is 2.69 bits per heavy atom. The molecular weight excluding hydrogens is 456 g/mol. The fourth-order valence-electron chi connectivity index (χ4n) is 4.23. The van der Waals surface area contributed by atoms with E-state index in [-0.39, 0.29) is 24.8 Å². The molecule has 7 nitrogen and oxygen atoms in total. The van der Waals surface area contributed by atoms with E-state index in [1.165, 1.54) is 0 Å². The van der Waals surface area contributed by atoms with Crippen molar-refractivity contribution in [3.8, 4) is 12.3 Å². The Morgan fingerprint density at radius 2 is 2.06 bits per heavy atom. The van der Waals surface area contributed by atoms with Gasteiger partial charge >= 0.3 is 0 Å². The van der Waals surface area contributed by atoms with Gasteiger partial charge in [0.25, 0.3) is 0 Å². The summed E-state index contributed by atoms with van der Waals surface area (Å²) in [6.07, 6.45) is 9.10. The minimum Gasteiger partial charge on any atom is -0.392 e. The van der Waals surface area contributed by atoms with Gasteiger partial charge in [0.15, 0.2) is 0 Å². The number of hydrogen-bond donors (Lipinski definition) is 3. The molecule has 0 saturated heterocycles. The Kier molecular flexibility index (Phi) is 11.0. The van der Waals surface area contributed by atoms with Crippen molar-refractivity contribution in [2.75, 3.05) is 6.61 Å². The summed E-state index contributed by atoms with van der Waals surface area (Å²) in [5, 5.41) is 24.8. The Labute approximate surface area is 215 Å². The Morgan fingerprint density at radius 1 is 1.33 bits per heavy atom. The van der Waals surface area contributed by atoms with Gasteiger partial charge in [-0.25, -0.2) is 0 Å². The Hall–Kier alpha value is -2.79. The highest BCUT2D eigenvalue weighted by molar-refractivity contribution is 5.89. The molecule has 5 atom stereocenters. The van der Waals surface area contributed by atoms with Gasteiger partial charge < -0.3 is 20.3 Å². The van der Waals surface area contributed by atoms with Crippen LogP contribution in [0.5, 0.6) is 0 Å². The highest BCUT2D eigenvalue weighted by Gasteiger charge is 2.43. The molecule has 7 heteroatoms. The van der Waals surface area contributed by atoms with E-state index in [0.29, 0.717) is 19.4 Å². The van der Waals surface area contributed by atoms with E-state index in [0.717, 1.165) is 16.8 Å². The molecule has 196 valence electrons. The first-order chi connectivity index (χ1) is 17.0. The molecule has 2 heterocycles. The van der Waals surface area contributed by atoms with Crippen LogP contribution in [0.2, 0.25) is 0 Å². The quantitative estimate of drug-likeness (QED) is 0.437. The largest absolute Gasteiger partial charge is 0.392 e. The third kappa shape index (κ3) is 8.12. The van der Waals surface area contributed by atoms with Crippen LogP contribution in [0.4, 0.5) is 0 Å². The lowest BCUT2D eigenvalue weighted by Crippen LogP contribution is -2.49. The van der Waals surface area contributed by atoms with Crippen molar-refractivity contribution in [2.24, 2.45) is 11.3 Å². The minimum atomic E-state index is -1.30. The van der Waals surface area contributed by atoms with Gasteiger partial charge in [0.2, 0.25) is 5.91 Å². The van der Waals surface area contributed by atoms with Gasteiger partial charge in [-0.2, -0.15) is 0 Å². The zero-order valence-electron chi connectivity index (χ0n) is 22.0. The fraction of sp³-hybridized carbons (Fsp3) is 0.552. The summed E-state index contributed by atoms with van der Waals surface area (Å²) < 4.78 is 5.85. The molecule has 1 amide bonds. The van der Waals surface area contributed by atoms with Crippen molar-refractivity contribution in [3.05, 3.63) is 47.3 Å². The van der Waals surface area contributed by atoms with Crippen molar-refractivity contribution < 1.29 is 24.5 Å². The fourth-order valence-corrected chi connectivity index (χ4v) is 4.23. The number of carbonyl (C=O) groups is 2. The van der Waals surface area contributed by atoms with Crippen molar-refractivity contribution in [1.29, 1.82) is 0 Å². The average Bonchev–Trinajstić information content (AvgIpc) is 2.84. The molecule has 1 aromatic heterocycles. The minimum absolute atomic E-state index is 0.00849. The number of Topliss-reactive ketones (excluding diaryl/α,β-unsaturated/α-hetero) is 1. The van der Waals surface area contributed by atoms with E-state index in [2.05, 4.69) is 22.3 Å². The van der Waals surface area contributed by atoms with Gasteiger partial charge in [0, 0.05) is 12.6 Å². The third-order valence-corrected chi connectivity index (χ3v) is 6.94. The van der Waals surface area contributed by atoms with Crippen LogP contribution >= 0.6 is 0 Å². The van der Waals surface area contributed by atoms with Crippen LogP contribution in [0.1, 0.15) is 66.0 Å². The summed E-state index contributed by atoms with van der Waals surface area (Å²) in [5.74, 6) is 0.779. The maximum Gasteiger partial charge on any atom is 0.223 e. The zero-order chi connectivity index (χ0) is 26.9. The molecule has 0 saturated carbocycles. The number of hydrogen-bond acceptors (Lipinski definition) is 6. The molecule has 0 spiro atoms. The van der Waals surface area contributed by atoms with E-state index in [9.17, 15) is 19.8 Å². The average molecular weight is 497 g/mol. The maximum atomic E-state index is 13.4. The monoisotopic (exact) mass is 496 g/mol. The number of carbonyl (C=O) groups excluding carboxylic acids is 2. The first kappa shape index (κ1) is 29.4. The number of terminal acetylenes is 1. The number of aliphatic hydroxyl groups excluding tert-OH is 2. The smallest absolute Gasteiger partial charge is 0.223 e. The van der Waals surface area contributed by atoms with Gasteiger partial charge in [-0.3, -0.25) is 14.6 Å². The van der Waals surface area contributed by atoms with Gasteiger partial charge in [0.05, 0.1) is 54.4 Å². The molecule has 0 bridgehead atoms. The van der Waals surface area contributed by atoms with Crippen LogP contribution < -0.4 is 5.32 Å². The van der Waals surface area contributed by atoms with Crippen molar-refractivity contribution in [1.82, 2.24) is 10.3 Å². The highest BCUT2D eigenvalue weighted by atomic mass is 16.5. The zero-order valence-corrected chi connectivity index (χ0v) is 22.0. The van der Waals surface area contributed by atoms with Gasteiger partial charge in [-0.15, -0.1) is 12.3 Å². The summed E-state index contributed by atoms with van der Waals surface area (Å²) in [6.45, 7) is 9.15. The van der Waals surface area contributed by atoms with Gasteiger partial charge in [-0.05, 0) is 57.4 Å². The predicted molar refractivity (Wildman–Crippen MR) is 141 cm³/mol. The topological polar surface area (TPSA) is 109 Å². The molecule has 0 radical (unpaired) electrons. The highest BCUT2D eigenvalue weighted by Crippen LogP contribution is 2.32. The second kappa shape index (κ2) is 13.5. The number of aromatic nitrogens is 1. The number of ether oxygens (including phenoxy) is 1. The number of nitrogens with zero attached hydrogens (tertiary/aromatic N) is 1. The van der Waals surface area contributed by atoms with Crippen LogP contribution in [-0.4, -0.2) is 57.8 Å². The second-order valence-electron chi connectivity index (χ2n) is 10.2. The number of nitrogens with one attached hydrogen (secondary N) is 1. The summed E-state index contributed by atoms with van der Waals surface area (Å²) in [5.41, 5.74) is 1.47. The number of pyridine rings is 1. The lowest BCUT2D eigenvalue weighted by Gasteiger charge is -2.35. The number of aliphatic hydroxyl groups is 2. The van der Waals surface area contributed by atoms with Crippen LogP contribution in [0.3, 0.4) is 0 Å². The summed E-state index contributed by atoms with van der Waals surface area (Å²) in [7, 11) is 0. The molecule has 1 aromatic rings. The van der Waals surface area contributed by atoms with Gasteiger partial charge in [-0.1, -0.05) is 31.6 Å². The van der Waals surface area contributed by atoms with E-state index in [1.807, 2.05) is 38.1 Å². The standard InChI is InChI=1S/C29H40N2O5/c1-7-10-23-27(34)21(4)36-16-14-19(2)12-13-24(20(3)17-22-11-8-9-15-30-22)31-26(33)18-25(32)29(5,6)28(23)35/h1,8-9,11-12,15,17,21,23-25,27,32,34H,10,13-14,16,18H2,2-6H3,(H,31,33)/b19-12-,20-17+/t21-,23-,24+,25+,27-/m1/s1. The first-order valence-corrected chi connectivity index (χ1v) is 12.5. The Balaban J connectivity index is 2.38. The molecule has 1 aliphatic rings. The molecular formula is C29H40N2O5. The molecule has 0 fully saturated rings. The predicted octanol–water partition coefficient (Wildman–Crippen LogP) is 3.46. The second-order valence-corrected chi connectivity index (χ2v) is 10.2. The van der Waals surface area contributed by atoms with Crippen LogP contribution in [0.15, 0.2) is 41.6 Å². The van der Waals surface area contributed by atoms with E-state index in [4.69, 9.17) is 11.2 Å². The number of rotatable bonds is 3. The summed E-state index contributed by atoms with van der Waals surface area (Å²) in [6, 6.07) is 5.31. The van der Waals surface area contributed by atoms with Crippen molar-refractivity contribution in [2.45, 2.75) is 84.7 Å². The first-order valence-electron chi connectivity index (χ1n) is 12.5. The number of ketones is 1. The lowest BCUT2D eigenvalue weighted by atomic mass is 9.72. The molecule has 2 rings (SSSR count). The van der Waals surface area contributed by atoms with Crippen LogP contribution in [-0.2, 0) is 14.3 Å². The normalized spacial score (nSPS) is 30.6. The van der Waals surface area contributed by atoms with E-state index >= 15 is 0 Å². The SMILES string of the molecule is C#CC[C@H]1C(=O)C(C)(C)[C@@H](O)CC(=O)N[C@H](/C(C)=C/c2ccccn2)C/C=C(/C)CCO[C@H](C)[C@H]1O. The lowest BCUT2D eigenvalue weighted by molar-refractivity contribution is -0.146. The summed E-state index contributed by atoms with van der Waals surface area (Å²) in [4.78, 5) is 30.8. The molecule has 1 aliphatic heterocycles. The van der Waals surface area contributed by atoms with Crippen molar-refractivity contribution >= 4 is 17.8 Å². The Bertz CT molecular complexity index is 993. The van der Waals surface area contributed by atoms with Crippen molar-refractivity contribution in [3.63, 3.8) is 0 Å². The molecule has 3 N–H and O–H groups in total. The van der Waals surface area contributed by atoms with E-state index < -0.39 is 35.4 Å². The third-order valence-electron chi connectivity index (χ3n) is 6.94. The number of amides is 1. The van der Waals surface area contributed by atoms with Crippen LogP contribution in [0, 0.1) is 23.7 Å². The molecule has 0 unspecified atom stereocenters. The molecule has 0 aliphatic carbocycles. The summed E-state index contributed by atoms with van der Waals surface area (Å²) >= 11 is 0.